The monoisotopic (exact) mass is 564 g/mol. The van der Waals surface area contributed by atoms with E-state index in [0.717, 1.165) is 55.2 Å². The van der Waals surface area contributed by atoms with Crippen LogP contribution >= 0.6 is 0 Å². The first kappa shape index (κ1) is 24.5. The lowest BCUT2D eigenvalue weighted by molar-refractivity contribution is 0.670. The van der Waals surface area contributed by atoms with Gasteiger partial charge < -0.3 is 8.98 Å². The quantitative estimate of drug-likeness (QED) is 0.213. The molecule has 0 aliphatic heterocycles. The summed E-state index contributed by atoms with van der Waals surface area (Å²) in [4.78, 5) is 14.8. The number of hydrogen-bond donors (Lipinski definition) is 0. The van der Waals surface area contributed by atoms with Crippen LogP contribution in [0.15, 0.2) is 150 Å². The van der Waals surface area contributed by atoms with Crippen molar-refractivity contribution in [1.82, 2.24) is 19.5 Å². The highest BCUT2D eigenvalue weighted by Gasteiger charge is 2.20. The van der Waals surface area contributed by atoms with Crippen molar-refractivity contribution in [3.63, 3.8) is 0 Å². The number of rotatable bonds is 4. The van der Waals surface area contributed by atoms with Crippen LogP contribution in [0, 0.1) is 0 Å². The Labute approximate surface area is 252 Å². The summed E-state index contributed by atoms with van der Waals surface area (Å²) in [6.45, 7) is 0. The zero-order valence-electron chi connectivity index (χ0n) is 23.6. The molecular weight excluding hydrogens is 540 g/mol. The third-order valence-corrected chi connectivity index (χ3v) is 8.25. The van der Waals surface area contributed by atoms with Gasteiger partial charge in [-0.1, -0.05) is 109 Å². The second-order valence-electron chi connectivity index (χ2n) is 10.9. The van der Waals surface area contributed by atoms with Crippen LogP contribution in [0.3, 0.4) is 0 Å². The average Bonchev–Trinajstić information content (AvgIpc) is 3.63. The highest BCUT2D eigenvalue weighted by Crippen LogP contribution is 2.40. The van der Waals surface area contributed by atoms with Crippen LogP contribution in [-0.2, 0) is 0 Å². The van der Waals surface area contributed by atoms with Gasteiger partial charge in [-0.2, -0.15) is 0 Å². The summed E-state index contributed by atoms with van der Waals surface area (Å²) >= 11 is 0. The Kier molecular flexibility index (Phi) is 5.43. The molecule has 0 spiro atoms. The Morgan fingerprint density at radius 3 is 1.73 bits per heavy atom. The van der Waals surface area contributed by atoms with Crippen molar-refractivity contribution >= 4 is 43.7 Å². The molecule has 5 nitrogen and oxygen atoms in total. The first-order chi connectivity index (χ1) is 21.8. The van der Waals surface area contributed by atoms with Gasteiger partial charge in [0.15, 0.2) is 17.5 Å². The summed E-state index contributed by atoms with van der Waals surface area (Å²) in [5, 5.41) is 4.41. The maximum absolute atomic E-state index is 6.69. The maximum Gasteiger partial charge on any atom is 0.167 e. The maximum atomic E-state index is 6.69. The van der Waals surface area contributed by atoms with Gasteiger partial charge >= 0.3 is 0 Å². The Morgan fingerprint density at radius 2 is 1.02 bits per heavy atom. The summed E-state index contributed by atoms with van der Waals surface area (Å²) in [6, 6.07) is 49.7. The number of para-hydroxylation sites is 3. The number of furan rings is 1. The number of benzene rings is 6. The topological polar surface area (TPSA) is 56.7 Å². The van der Waals surface area contributed by atoms with Crippen LogP contribution in [0.4, 0.5) is 0 Å². The predicted molar refractivity (Wildman–Crippen MR) is 178 cm³/mol. The summed E-state index contributed by atoms with van der Waals surface area (Å²) in [7, 11) is 0. The first-order valence-electron chi connectivity index (χ1n) is 14.6. The number of aromatic nitrogens is 4. The van der Waals surface area contributed by atoms with Crippen molar-refractivity contribution in [3.05, 3.63) is 146 Å². The Hall–Kier alpha value is -6.07. The van der Waals surface area contributed by atoms with Crippen LogP contribution in [0.2, 0.25) is 0 Å². The van der Waals surface area contributed by atoms with E-state index >= 15 is 0 Å². The van der Waals surface area contributed by atoms with Gasteiger partial charge in [0, 0.05) is 38.4 Å². The molecule has 0 saturated heterocycles. The predicted octanol–water partition coefficient (Wildman–Crippen LogP) is 9.87. The molecule has 5 heteroatoms. The number of hydrogen-bond acceptors (Lipinski definition) is 4. The van der Waals surface area contributed by atoms with Gasteiger partial charge in [-0.25, -0.2) is 15.0 Å². The molecule has 0 aliphatic rings. The molecule has 0 fully saturated rings. The largest absolute Gasteiger partial charge is 0.455 e. The van der Waals surface area contributed by atoms with Crippen molar-refractivity contribution in [2.24, 2.45) is 0 Å². The molecule has 206 valence electrons. The van der Waals surface area contributed by atoms with Gasteiger partial charge in [-0.05, 0) is 36.4 Å². The van der Waals surface area contributed by atoms with Gasteiger partial charge in [-0.3, -0.25) is 0 Å². The van der Waals surface area contributed by atoms with Gasteiger partial charge in [-0.15, -0.1) is 0 Å². The van der Waals surface area contributed by atoms with E-state index in [1.807, 2.05) is 72.8 Å². The third kappa shape index (κ3) is 3.83. The molecule has 0 aliphatic carbocycles. The molecular formula is C39H24N4O. The Bertz CT molecular complexity index is 2420. The molecule has 0 amide bonds. The van der Waals surface area contributed by atoms with Gasteiger partial charge in [0.1, 0.15) is 11.2 Å². The third-order valence-electron chi connectivity index (χ3n) is 8.25. The van der Waals surface area contributed by atoms with Gasteiger partial charge in [0.25, 0.3) is 0 Å². The molecule has 0 atom stereocenters. The zero-order valence-corrected chi connectivity index (χ0v) is 23.6. The standard InChI is InChI=1S/C39H24N4O/c1-4-13-25(14-5-1)37-40-38(26-15-6-2-7-16-26)42-39(41-37)30-21-12-20-29-32-23-34-31(24-35(32)44-36(29)30)28-19-10-11-22-33(28)43(34)27-17-8-3-9-18-27/h1-24H. The van der Waals surface area contributed by atoms with E-state index in [4.69, 9.17) is 19.4 Å². The first-order valence-corrected chi connectivity index (χ1v) is 14.6. The van der Waals surface area contributed by atoms with Crippen LogP contribution in [0.1, 0.15) is 0 Å². The van der Waals surface area contributed by atoms with Crippen LogP contribution in [-0.4, -0.2) is 19.5 Å². The van der Waals surface area contributed by atoms with Crippen molar-refractivity contribution in [1.29, 1.82) is 0 Å². The molecule has 0 saturated carbocycles. The summed E-state index contributed by atoms with van der Waals surface area (Å²) in [6.07, 6.45) is 0. The van der Waals surface area contributed by atoms with Crippen LogP contribution in [0.25, 0.3) is 83.6 Å². The highest BCUT2D eigenvalue weighted by atomic mass is 16.3. The second kappa shape index (κ2) is 9.75. The van der Waals surface area contributed by atoms with E-state index in [-0.39, 0.29) is 0 Å². The van der Waals surface area contributed by atoms with E-state index in [9.17, 15) is 0 Å². The normalized spacial score (nSPS) is 11.6. The summed E-state index contributed by atoms with van der Waals surface area (Å²) in [5.41, 5.74) is 7.71. The molecule has 9 rings (SSSR count). The molecule has 44 heavy (non-hydrogen) atoms. The van der Waals surface area contributed by atoms with Crippen LogP contribution in [0.5, 0.6) is 0 Å². The highest BCUT2D eigenvalue weighted by molar-refractivity contribution is 6.18. The van der Waals surface area contributed by atoms with Crippen molar-refractivity contribution in [3.8, 4) is 39.9 Å². The summed E-state index contributed by atoms with van der Waals surface area (Å²) < 4.78 is 9.02. The fourth-order valence-corrected chi connectivity index (χ4v) is 6.22. The lowest BCUT2D eigenvalue weighted by Gasteiger charge is -2.08. The van der Waals surface area contributed by atoms with E-state index in [1.54, 1.807) is 0 Å². The number of nitrogens with zero attached hydrogens (tertiary/aromatic N) is 4. The average molecular weight is 565 g/mol. The molecule has 9 aromatic rings. The van der Waals surface area contributed by atoms with E-state index in [0.29, 0.717) is 17.5 Å². The molecule has 0 radical (unpaired) electrons. The zero-order chi connectivity index (χ0) is 29.0. The van der Waals surface area contributed by atoms with E-state index < -0.39 is 0 Å². The van der Waals surface area contributed by atoms with Crippen molar-refractivity contribution < 1.29 is 4.42 Å². The second-order valence-corrected chi connectivity index (χ2v) is 10.9. The minimum absolute atomic E-state index is 0.575. The van der Waals surface area contributed by atoms with Crippen LogP contribution < -0.4 is 0 Å². The Balaban J connectivity index is 1.31. The fraction of sp³-hybridized carbons (Fsp3) is 0. The minimum atomic E-state index is 0.575. The molecule has 6 aromatic carbocycles. The Morgan fingerprint density at radius 1 is 0.432 bits per heavy atom. The molecule has 3 heterocycles. The lowest BCUT2D eigenvalue weighted by Crippen LogP contribution is -2.00. The van der Waals surface area contributed by atoms with Crippen molar-refractivity contribution in [2.45, 2.75) is 0 Å². The van der Waals surface area contributed by atoms with Gasteiger partial charge in [0.2, 0.25) is 0 Å². The SMILES string of the molecule is c1ccc(-c2nc(-c3ccccc3)nc(-c3cccc4c3oc3cc5c6ccccc6n(-c6ccccc6)c5cc34)n2)cc1. The molecule has 0 unspecified atom stereocenters. The molecule has 0 N–H and O–H groups in total. The number of fused-ring (bicyclic) bond motifs is 6. The smallest absolute Gasteiger partial charge is 0.167 e. The summed E-state index contributed by atoms with van der Waals surface area (Å²) in [5.74, 6) is 1.82. The lowest BCUT2D eigenvalue weighted by atomic mass is 10.1. The minimum Gasteiger partial charge on any atom is -0.455 e. The van der Waals surface area contributed by atoms with Gasteiger partial charge in [0.05, 0.1) is 16.6 Å². The van der Waals surface area contributed by atoms with Crippen molar-refractivity contribution in [2.75, 3.05) is 0 Å². The fourth-order valence-electron chi connectivity index (χ4n) is 6.22. The molecule has 0 bridgehead atoms. The van der Waals surface area contributed by atoms with E-state index in [1.165, 1.54) is 10.9 Å². The molecule has 3 aromatic heterocycles. The van der Waals surface area contributed by atoms with E-state index in [2.05, 4.69) is 77.4 Å².